The van der Waals surface area contributed by atoms with Gasteiger partial charge in [-0.25, -0.2) is 4.39 Å². The second-order valence-electron chi connectivity index (χ2n) is 7.54. The SMILES string of the molecule is Cc1ccn(CCC(C)C)c(=O)c1C(=O)Nc1cc(F)cc2c1NC(=O)CC2. The molecule has 0 fully saturated rings. The third kappa shape index (κ3) is 4.13. The molecule has 7 heteroatoms. The minimum absolute atomic E-state index is 0.0198. The molecule has 1 aromatic carbocycles. The number of hydrogen-bond donors (Lipinski definition) is 2. The molecule has 28 heavy (non-hydrogen) atoms. The number of aromatic nitrogens is 1. The Bertz CT molecular complexity index is 995. The van der Waals surface area contributed by atoms with Crippen LogP contribution in [0.15, 0.2) is 29.2 Å². The number of halogens is 1. The molecule has 1 aliphatic heterocycles. The molecule has 0 radical (unpaired) electrons. The van der Waals surface area contributed by atoms with Gasteiger partial charge in [-0.05, 0) is 55.0 Å². The van der Waals surface area contributed by atoms with Crippen LogP contribution in [-0.2, 0) is 17.8 Å². The highest BCUT2D eigenvalue weighted by atomic mass is 19.1. The predicted octanol–water partition coefficient (Wildman–Crippen LogP) is 3.48. The Morgan fingerprint density at radius 3 is 2.75 bits per heavy atom. The smallest absolute Gasteiger partial charge is 0.263 e. The van der Waals surface area contributed by atoms with E-state index < -0.39 is 11.7 Å². The van der Waals surface area contributed by atoms with Crippen LogP contribution in [0.25, 0.3) is 0 Å². The normalized spacial score (nSPS) is 13.2. The maximum atomic E-state index is 14.0. The van der Waals surface area contributed by atoms with Gasteiger partial charge in [0.15, 0.2) is 0 Å². The second kappa shape index (κ2) is 7.96. The summed E-state index contributed by atoms with van der Waals surface area (Å²) in [6.45, 7) is 6.33. The number of carbonyl (C=O) groups is 2. The molecular formula is C21H24FN3O3. The molecule has 0 saturated carbocycles. The summed E-state index contributed by atoms with van der Waals surface area (Å²) in [4.78, 5) is 37.4. The highest BCUT2D eigenvalue weighted by molar-refractivity contribution is 6.08. The summed E-state index contributed by atoms with van der Waals surface area (Å²) in [6.07, 6.45) is 3.16. The number of rotatable bonds is 5. The first kappa shape index (κ1) is 19.8. The van der Waals surface area contributed by atoms with Gasteiger partial charge in [-0.2, -0.15) is 0 Å². The second-order valence-corrected chi connectivity index (χ2v) is 7.54. The molecule has 2 heterocycles. The maximum Gasteiger partial charge on any atom is 0.263 e. The molecule has 0 atom stereocenters. The average Bonchev–Trinajstić information content (AvgIpc) is 2.61. The Morgan fingerprint density at radius 1 is 1.29 bits per heavy atom. The molecule has 2 aromatic rings. The number of nitrogens with one attached hydrogen (secondary N) is 2. The van der Waals surface area contributed by atoms with Crippen molar-refractivity contribution >= 4 is 23.2 Å². The Labute approximate surface area is 162 Å². The number of amides is 2. The zero-order chi connectivity index (χ0) is 20.4. The Hall–Kier alpha value is -2.96. The van der Waals surface area contributed by atoms with Gasteiger partial charge in [-0.15, -0.1) is 0 Å². The highest BCUT2D eigenvalue weighted by Crippen LogP contribution is 2.32. The molecule has 2 amide bonds. The molecule has 148 valence electrons. The largest absolute Gasteiger partial charge is 0.324 e. The van der Waals surface area contributed by atoms with Gasteiger partial charge in [0.25, 0.3) is 11.5 Å². The predicted molar refractivity (Wildman–Crippen MR) is 106 cm³/mol. The van der Waals surface area contributed by atoms with E-state index in [1.807, 2.05) is 0 Å². The molecule has 1 aromatic heterocycles. The van der Waals surface area contributed by atoms with E-state index in [0.29, 0.717) is 35.7 Å². The minimum Gasteiger partial charge on any atom is -0.324 e. The molecule has 0 spiro atoms. The molecule has 1 aliphatic rings. The van der Waals surface area contributed by atoms with Crippen molar-refractivity contribution in [1.82, 2.24) is 4.57 Å². The molecule has 6 nitrogen and oxygen atoms in total. The molecule has 0 aliphatic carbocycles. The summed E-state index contributed by atoms with van der Waals surface area (Å²) < 4.78 is 15.5. The van der Waals surface area contributed by atoms with E-state index in [2.05, 4.69) is 24.5 Å². The van der Waals surface area contributed by atoms with Crippen LogP contribution in [0.5, 0.6) is 0 Å². The molecule has 2 N–H and O–H groups in total. The first-order valence-corrected chi connectivity index (χ1v) is 9.40. The van der Waals surface area contributed by atoms with Crippen molar-refractivity contribution in [3.63, 3.8) is 0 Å². The summed E-state index contributed by atoms with van der Waals surface area (Å²) in [5.74, 6) is -0.896. The lowest BCUT2D eigenvalue weighted by atomic mass is 10.0. The summed E-state index contributed by atoms with van der Waals surface area (Å²) in [7, 11) is 0. The lowest BCUT2D eigenvalue weighted by Gasteiger charge is -2.21. The zero-order valence-corrected chi connectivity index (χ0v) is 16.3. The number of anilines is 2. The number of benzene rings is 1. The number of carbonyl (C=O) groups excluding carboxylic acids is 2. The monoisotopic (exact) mass is 385 g/mol. The lowest BCUT2D eigenvalue weighted by molar-refractivity contribution is -0.116. The van der Waals surface area contributed by atoms with E-state index in [1.54, 1.807) is 19.2 Å². The summed E-state index contributed by atoms with van der Waals surface area (Å²) in [5, 5.41) is 5.30. The summed E-state index contributed by atoms with van der Waals surface area (Å²) in [5.41, 5.74) is 1.34. The van der Waals surface area contributed by atoms with Crippen LogP contribution in [0, 0.1) is 18.7 Å². The van der Waals surface area contributed by atoms with E-state index in [1.165, 1.54) is 10.6 Å². The Balaban J connectivity index is 1.94. The van der Waals surface area contributed by atoms with Crippen molar-refractivity contribution in [2.24, 2.45) is 5.92 Å². The first-order chi connectivity index (χ1) is 13.3. The fourth-order valence-corrected chi connectivity index (χ4v) is 3.26. The van der Waals surface area contributed by atoms with Crippen molar-refractivity contribution in [3.05, 3.63) is 57.3 Å². The van der Waals surface area contributed by atoms with Gasteiger partial charge in [0.2, 0.25) is 5.91 Å². The fraction of sp³-hybridized carbons (Fsp3) is 0.381. The summed E-state index contributed by atoms with van der Waals surface area (Å²) >= 11 is 0. The van der Waals surface area contributed by atoms with Crippen molar-refractivity contribution in [1.29, 1.82) is 0 Å². The van der Waals surface area contributed by atoms with E-state index in [9.17, 15) is 18.8 Å². The number of hydrogen-bond acceptors (Lipinski definition) is 3. The van der Waals surface area contributed by atoms with Crippen molar-refractivity contribution in [2.45, 2.75) is 46.6 Å². The van der Waals surface area contributed by atoms with Gasteiger partial charge in [-0.3, -0.25) is 14.4 Å². The standard InChI is InChI=1S/C21H24FN3O3/c1-12(2)6-8-25-9-7-13(3)18(21(25)28)20(27)23-16-11-15(22)10-14-4-5-17(26)24-19(14)16/h7,9-12H,4-6,8H2,1-3H3,(H,23,27)(H,24,26). The van der Waals surface area contributed by atoms with E-state index in [0.717, 1.165) is 12.5 Å². The lowest BCUT2D eigenvalue weighted by Crippen LogP contribution is -2.31. The van der Waals surface area contributed by atoms with Gasteiger partial charge < -0.3 is 15.2 Å². The van der Waals surface area contributed by atoms with Crippen LogP contribution >= 0.6 is 0 Å². The number of nitrogens with zero attached hydrogens (tertiary/aromatic N) is 1. The Kier molecular flexibility index (Phi) is 5.63. The van der Waals surface area contributed by atoms with Gasteiger partial charge >= 0.3 is 0 Å². The third-order valence-corrected chi connectivity index (χ3v) is 4.87. The van der Waals surface area contributed by atoms with Crippen LogP contribution < -0.4 is 16.2 Å². The van der Waals surface area contributed by atoms with Gasteiger partial charge in [0.05, 0.1) is 11.4 Å². The first-order valence-electron chi connectivity index (χ1n) is 9.40. The molecule has 0 bridgehead atoms. The van der Waals surface area contributed by atoms with Gasteiger partial charge in [-0.1, -0.05) is 13.8 Å². The molecular weight excluding hydrogens is 361 g/mol. The van der Waals surface area contributed by atoms with E-state index >= 15 is 0 Å². The van der Waals surface area contributed by atoms with Gasteiger partial charge in [0.1, 0.15) is 11.4 Å². The number of aryl methyl sites for hydroxylation is 3. The van der Waals surface area contributed by atoms with Crippen molar-refractivity contribution < 1.29 is 14.0 Å². The highest BCUT2D eigenvalue weighted by Gasteiger charge is 2.22. The average molecular weight is 385 g/mol. The fourth-order valence-electron chi connectivity index (χ4n) is 3.26. The topological polar surface area (TPSA) is 80.2 Å². The van der Waals surface area contributed by atoms with Crippen LogP contribution in [-0.4, -0.2) is 16.4 Å². The quantitative estimate of drug-likeness (QED) is 0.827. The van der Waals surface area contributed by atoms with E-state index in [4.69, 9.17) is 0 Å². The molecule has 0 saturated heterocycles. The van der Waals surface area contributed by atoms with Crippen molar-refractivity contribution in [2.75, 3.05) is 10.6 Å². The Morgan fingerprint density at radius 2 is 2.04 bits per heavy atom. The minimum atomic E-state index is -0.617. The number of pyridine rings is 1. The van der Waals surface area contributed by atoms with Crippen LogP contribution in [0.2, 0.25) is 0 Å². The van der Waals surface area contributed by atoms with Crippen LogP contribution in [0.1, 0.15) is 48.2 Å². The van der Waals surface area contributed by atoms with Crippen molar-refractivity contribution in [3.8, 4) is 0 Å². The molecule has 0 unspecified atom stereocenters. The van der Waals surface area contributed by atoms with Crippen LogP contribution in [0.4, 0.5) is 15.8 Å². The third-order valence-electron chi connectivity index (χ3n) is 4.87. The maximum absolute atomic E-state index is 14.0. The number of fused-ring (bicyclic) bond motifs is 1. The van der Waals surface area contributed by atoms with Gasteiger partial charge in [0, 0.05) is 19.2 Å². The zero-order valence-electron chi connectivity index (χ0n) is 16.3. The van der Waals surface area contributed by atoms with Crippen LogP contribution in [0.3, 0.4) is 0 Å². The van der Waals surface area contributed by atoms with E-state index in [-0.39, 0.29) is 29.1 Å². The molecule has 3 rings (SSSR count). The summed E-state index contributed by atoms with van der Waals surface area (Å²) in [6, 6.07) is 4.22.